The van der Waals surface area contributed by atoms with Gasteiger partial charge in [0.1, 0.15) is 5.69 Å². The predicted molar refractivity (Wildman–Crippen MR) is 74.4 cm³/mol. The molecule has 0 bridgehead atoms. The fourth-order valence-corrected chi connectivity index (χ4v) is 2.20. The van der Waals surface area contributed by atoms with E-state index in [1.165, 1.54) is 11.8 Å². The number of carbonyl (C=O) groups is 1. The van der Waals surface area contributed by atoms with Crippen LogP contribution in [0.3, 0.4) is 0 Å². The van der Waals surface area contributed by atoms with E-state index in [0.29, 0.717) is 12.3 Å². The predicted octanol–water partition coefficient (Wildman–Crippen LogP) is 2.28. The van der Waals surface area contributed by atoms with E-state index in [4.69, 9.17) is 4.84 Å². The van der Waals surface area contributed by atoms with Gasteiger partial charge in [-0.3, -0.25) is 14.2 Å². The molecule has 0 spiro atoms. The van der Waals surface area contributed by atoms with Crippen LogP contribution < -0.4 is 5.48 Å². The van der Waals surface area contributed by atoms with E-state index in [9.17, 15) is 4.79 Å². The molecule has 0 unspecified atom stereocenters. The van der Waals surface area contributed by atoms with Crippen molar-refractivity contribution < 1.29 is 9.63 Å². The Morgan fingerprint density at radius 2 is 2.16 bits per heavy atom. The molecule has 2 aromatic rings. The van der Waals surface area contributed by atoms with E-state index in [2.05, 4.69) is 10.5 Å². The lowest BCUT2D eigenvalue weighted by atomic mass is 10.3. The lowest BCUT2D eigenvalue weighted by Gasteiger charge is -2.10. The van der Waals surface area contributed by atoms with Crippen LogP contribution in [0, 0.1) is 0 Å². The number of hydrogen-bond donors (Lipinski definition) is 1. The van der Waals surface area contributed by atoms with Crippen LogP contribution >= 0.6 is 11.8 Å². The van der Waals surface area contributed by atoms with Gasteiger partial charge in [-0.05, 0) is 25.3 Å². The zero-order valence-corrected chi connectivity index (χ0v) is 11.6. The van der Waals surface area contributed by atoms with Gasteiger partial charge in [-0.1, -0.05) is 30.0 Å². The van der Waals surface area contributed by atoms with E-state index >= 15 is 0 Å². The van der Waals surface area contributed by atoms with Crippen LogP contribution in [0.5, 0.6) is 0 Å². The quantitative estimate of drug-likeness (QED) is 0.673. The first-order valence-electron chi connectivity index (χ1n) is 5.87. The molecule has 5 nitrogen and oxygen atoms in total. The number of hydroxylamine groups is 1. The Balaban J connectivity index is 2.40. The lowest BCUT2D eigenvalue weighted by molar-refractivity contribution is 0.0358. The highest BCUT2D eigenvalue weighted by molar-refractivity contribution is 7.98. The normalized spacial score (nSPS) is 10.4. The van der Waals surface area contributed by atoms with Crippen LogP contribution in [0.25, 0.3) is 5.69 Å². The zero-order chi connectivity index (χ0) is 13.7. The van der Waals surface area contributed by atoms with Gasteiger partial charge in [-0.25, -0.2) is 10.5 Å². The molecule has 1 N–H and O–H groups in total. The molecular weight excluding hydrogens is 262 g/mol. The Labute approximate surface area is 115 Å². The summed E-state index contributed by atoms with van der Waals surface area (Å²) in [6.07, 6.45) is 3.47. The second kappa shape index (κ2) is 6.40. The average molecular weight is 277 g/mol. The molecule has 0 aliphatic heterocycles. The fourth-order valence-electron chi connectivity index (χ4n) is 1.66. The number of benzene rings is 1. The Bertz CT molecular complexity index is 554. The molecule has 1 heterocycles. The van der Waals surface area contributed by atoms with Crippen molar-refractivity contribution in [3.05, 3.63) is 42.2 Å². The van der Waals surface area contributed by atoms with E-state index in [1.54, 1.807) is 10.8 Å². The summed E-state index contributed by atoms with van der Waals surface area (Å²) < 4.78 is 1.80. The minimum Gasteiger partial charge on any atom is -0.283 e. The van der Waals surface area contributed by atoms with Gasteiger partial charge in [-0.15, -0.1) is 0 Å². The Morgan fingerprint density at radius 3 is 2.79 bits per heavy atom. The number of nitrogens with zero attached hydrogens (tertiary/aromatic N) is 2. The van der Waals surface area contributed by atoms with Crippen LogP contribution in [0.2, 0.25) is 0 Å². The Kier molecular flexibility index (Phi) is 4.59. The SMILES string of the molecule is CCONC(=O)c1cnc(SC)n1-c1ccccc1. The van der Waals surface area contributed by atoms with Crippen LogP contribution in [0.15, 0.2) is 41.7 Å². The van der Waals surface area contributed by atoms with E-state index in [-0.39, 0.29) is 5.91 Å². The van der Waals surface area contributed by atoms with Crippen molar-refractivity contribution in [2.24, 2.45) is 0 Å². The van der Waals surface area contributed by atoms with Crippen molar-refractivity contribution in [1.29, 1.82) is 0 Å². The van der Waals surface area contributed by atoms with Crippen LogP contribution in [0.4, 0.5) is 0 Å². The first kappa shape index (κ1) is 13.6. The number of para-hydroxylation sites is 1. The second-order valence-corrected chi connectivity index (χ2v) is 4.44. The van der Waals surface area contributed by atoms with Crippen molar-refractivity contribution in [2.75, 3.05) is 12.9 Å². The third kappa shape index (κ3) is 2.97. The number of hydrogen-bond acceptors (Lipinski definition) is 4. The summed E-state index contributed by atoms with van der Waals surface area (Å²) in [6, 6.07) is 9.63. The fraction of sp³-hybridized carbons (Fsp3) is 0.231. The minimum atomic E-state index is -0.307. The molecule has 100 valence electrons. The van der Waals surface area contributed by atoms with Crippen molar-refractivity contribution in [2.45, 2.75) is 12.1 Å². The molecule has 0 saturated carbocycles. The maximum absolute atomic E-state index is 12.0. The van der Waals surface area contributed by atoms with Gasteiger partial charge in [0.25, 0.3) is 5.91 Å². The van der Waals surface area contributed by atoms with Gasteiger partial charge in [0, 0.05) is 5.69 Å². The Morgan fingerprint density at radius 1 is 1.42 bits per heavy atom. The molecule has 0 radical (unpaired) electrons. The van der Waals surface area contributed by atoms with Crippen molar-refractivity contribution in [3.63, 3.8) is 0 Å². The number of imidazole rings is 1. The summed E-state index contributed by atoms with van der Waals surface area (Å²) in [5.41, 5.74) is 3.73. The first-order chi connectivity index (χ1) is 9.27. The van der Waals surface area contributed by atoms with Crippen molar-refractivity contribution in [3.8, 4) is 5.69 Å². The summed E-state index contributed by atoms with van der Waals surface area (Å²) >= 11 is 1.48. The molecule has 0 aliphatic carbocycles. The van der Waals surface area contributed by atoms with Gasteiger partial charge in [0.2, 0.25) is 0 Å². The summed E-state index contributed by atoms with van der Waals surface area (Å²) in [5, 5.41) is 0.757. The maximum atomic E-state index is 12.0. The van der Waals surface area contributed by atoms with E-state index < -0.39 is 0 Å². The van der Waals surface area contributed by atoms with E-state index in [0.717, 1.165) is 10.8 Å². The second-order valence-electron chi connectivity index (χ2n) is 3.67. The lowest BCUT2D eigenvalue weighted by Crippen LogP contribution is -2.25. The third-order valence-electron chi connectivity index (χ3n) is 2.47. The summed E-state index contributed by atoms with van der Waals surface area (Å²) in [6.45, 7) is 2.22. The number of carbonyl (C=O) groups excluding carboxylic acids is 1. The van der Waals surface area contributed by atoms with Gasteiger partial charge in [0.15, 0.2) is 5.16 Å². The smallest absolute Gasteiger partial charge is 0.283 e. The highest BCUT2D eigenvalue weighted by Gasteiger charge is 2.17. The van der Waals surface area contributed by atoms with Gasteiger partial charge >= 0.3 is 0 Å². The zero-order valence-electron chi connectivity index (χ0n) is 10.8. The molecular formula is C13H15N3O2S. The summed E-state index contributed by atoms with van der Waals surface area (Å²) in [4.78, 5) is 21.2. The van der Waals surface area contributed by atoms with Crippen molar-refractivity contribution >= 4 is 17.7 Å². The molecule has 6 heteroatoms. The molecule has 2 rings (SSSR count). The number of amides is 1. The van der Waals surface area contributed by atoms with Gasteiger partial charge in [-0.2, -0.15) is 0 Å². The maximum Gasteiger partial charge on any atom is 0.293 e. The molecule has 0 atom stereocenters. The minimum absolute atomic E-state index is 0.307. The molecule has 19 heavy (non-hydrogen) atoms. The standard InChI is InChI=1S/C13H15N3O2S/c1-3-18-15-12(17)11-9-14-13(19-2)16(11)10-7-5-4-6-8-10/h4-9H,3H2,1-2H3,(H,15,17). The molecule has 0 aliphatic rings. The van der Waals surface area contributed by atoms with Crippen LogP contribution in [0.1, 0.15) is 17.4 Å². The summed E-state index contributed by atoms with van der Waals surface area (Å²) in [5.74, 6) is -0.307. The van der Waals surface area contributed by atoms with E-state index in [1.807, 2.05) is 43.5 Å². The highest BCUT2D eigenvalue weighted by Crippen LogP contribution is 2.21. The largest absolute Gasteiger partial charge is 0.293 e. The van der Waals surface area contributed by atoms with Crippen LogP contribution in [-0.2, 0) is 4.84 Å². The molecule has 0 saturated heterocycles. The van der Waals surface area contributed by atoms with Gasteiger partial charge in [0.05, 0.1) is 12.8 Å². The molecule has 1 amide bonds. The average Bonchev–Trinajstić information content (AvgIpc) is 2.89. The Hall–Kier alpha value is -1.79. The van der Waals surface area contributed by atoms with Gasteiger partial charge < -0.3 is 0 Å². The summed E-state index contributed by atoms with van der Waals surface area (Å²) in [7, 11) is 0. The monoisotopic (exact) mass is 277 g/mol. The van der Waals surface area contributed by atoms with Crippen LogP contribution in [-0.4, -0.2) is 28.3 Å². The number of thioether (sulfide) groups is 1. The highest BCUT2D eigenvalue weighted by atomic mass is 32.2. The number of nitrogens with one attached hydrogen (secondary N) is 1. The topological polar surface area (TPSA) is 56.1 Å². The molecule has 1 aromatic carbocycles. The molecule has 1 aromatic heterocycles. The molecule has 0 fully saturated rings. The van der Waals surface area contributed by atoms with Crippen molar-refractivity contribution in [1.82, 2.24) is 15.0 Å². The number of rotatable bonds is 5. The first-order valence-corrected chi connectivity index (χ1v) is 7.09. The third-order valence-corrected chi connectivity index (χ3v) is 3.12. The number of aromatic nitrogens is 2.